The monoisotopic (exact) mass is 295 g/mol. The maximum absolute atomic E-state index is 5.51. The molecule has 0 amide bonds. The van der Waals surface area contributed by atoms with Gasteiger partial charge >= 0.3 is 0 Å². The molecule has 0 aromatic carbocycles. The minimum absolute atomic E-state index is 0.00893. The van der Waals surface area contributed by atoms with Crippen LogP contribution in [0.5, 0.6) is 0 Å². The van der Waals surface area contributed by atoms with Crippen molar-refractivity contribution in [3.05, 3.63) is 11.7 Å². The molecule has 0 saturated heterocycles. The highest BCUT2D eigenvalue weighted by atomic mass is 16.5. The van der Waals surface area contributed by atoms with Crippen LogP contribution in [0.2, 0.25) is 0 Å². The normalized spacial score (nSPS) is 18.1. The van der Waals surface area contributed by atoms with Gasteiger partial charge < -0.3 is 14.6 Å². The van der Waals surface area contributed by atoms with Crippen LogP contribution in [-0.2, 0) is 11.2 Å². The first-order valence-electron chi connectivity index (χ1n) is 8.22. The number of nitrogens with one attached hydrogen (secondary N) is 1. The summed E-state index contributed by atoms with van der Waals surface area (Å²) >= 11 is 0. The van der Waals surface area contributed by atoms with Gasteiger partial charge in [0.05, 0.1) is 0 Å². The molecule has 0 spiro atoms. The fourth-order valence-corrected chi connectivity index (χ4v) is 2.74. The van der Waals surface area contributed by atoms with E-state index in [4.69, 9.17) is 9.26 Å². The summed E-state index contributed by atoms with van der Waals surface area (Å²) in [6.45, 7) is 7.70. The zero-order valence-electron chi connectivity index (χ0n) is 13.8. The molecular formula is C16H29N3O2. The quantitative estimate of drug-likeness (QED) is 0.718. The Hall–Kier alpha value is -0.940. The fourth-order valence-electron chi connectivity index (χ4n) is 2.74. The van der Waals surface area contributed by atoms with Crippen LogP contribution in [0.4, 0.5) is 0 Å². The first-order chi connectivity index (χ1) is 10.1. The summed E-state index contributed by atoms with van der Waals surface area (Å²) in [5.41, 5.74) is 0. The third kappa shape index (κ3) is 5.08. The van der Waals surface area contributed by atoms with Gasteiger partial charge in [0.1, 0.15) is 6.10 Å². The first-order valence-corrected chi connectivity index (χ1v) is 8.22. The molecule has 5 nitrogen and oxygen atoms in total. The average Bonchev–Trinajstić information content (AvgIpc) is 3.17. The smallest absolute Gasteiger partial charge is 0.228 e. The molecule has 2 atom stereocenters. The van der Waals surface area contributed by atoms with Gasteiger partial charge in [0.25, 0.3) is 0 Å². The molecule has 1 heterocycles. The molecule has 1 N–H and O–H groups in total. The van der Waals surface area contributed by atoms with Gasteiger partial charge in [-0.15, -0.1) is 0 Å². The van der Waals surface area contributed by atoms with Gasteiger partial charge in [0, 0.05) is 19.6 Å². The lowest BCUT2D eigenvalue weighted by atomic mass is 10.0. The van der Waals surface area contributed by atoms with E-state index in [1.807, 2.05) is 0 Å². The van der Waals surface area contributed by atoms with Crippen molar-refractivity contribution in [2.45, 2.75) is 65.0 Å². The lowest BCUT2D eigenvalue weighted by molar-refractivity contribution is 0.0751. The summed E-state index contributed by atoms with van der Waals surface area (Å²) in [6.07, 6.45) is 5.47. The maximum atomic E-state index is 5.51. The zero-order valence-corrected chi connectivity index (χ0v) is 13.8. The summed E-state index contributed by atoms with van der Waals surface area (Å²) in [5.74, 6) is 2.67. The minimum atomic E-state index is 0.00893. The van der Waals surface area contributed by atoms with Crippen molar-refractivity contribution >= 4 is 0 Å². The van der Waals surface area contributed by atoms with Gasteiger partial charge in [0.15, 0.2) is 0 Å². The van der Waals surface area contributed by atoms with Crippen molar-refractivity contribution in [1.82, 2.24) is 15.5 Å². The summed E-state index contributed by atoms with van der Waals surface area (Å²) in [5, 5.41) is 7.70. The highest BCUT2D eigenvalue weighted by molar-refractivity contribution is 4.99. The largest absolute Gasteiger partial charge is 0.373 e. The predicted molar refractivity (Wildman–Crippen MR) is 82.0 cm³/mol. The summed E-state index contributed by atoms with van der Waals surface area (Å²) in [4.78, 5) is 4.56. The Bertz CT molecular complexity index is 415. The number of hydrogen-bond donors (Lipinski definition) is 1. The highest BCUT2D eigenvalue weighted by Gasteiger charge is 2.35. The van der Waals surface area contributed by atoms with Gasteiger partial charge in [-0.1, -0.05) is 25.9 Å². The molecule has 0 aliphatic heterocycles. The third-order valence-electron chi connectivity index (χ3n) is 3.90. The minimum Gasteiger partial charge on any atom is -0.373 e. The van der Waals surface area contributed by atoms with E-state index >= 15 is 0 Å². The Morgan fingerprint density at radius 3 is 2.71 bits per heavy atom. The van der Waals surface area contributed by atoms with Gasteiger partial charge in [-0.25, -0.2) is 0 Å². The predicted octanol–water partition coefficient (Wildman–Crippen LogP) is 3.12. The molecule has 0 radical (unpaired) electrons. The standard InChI is InChI=1S/C16H29N3O2/c1-5-8-17-13(9-11(2)3)10-14-18-16(19-21-14)15(20-4)12-6-7-12/h11-13,15,17H,5-10H2,1-4H3. The van der Waals surface area contributed by atoms with Crippen LogP contribution in [0.3, 0.4) is 0 Å². The van der Waals surface area contributed by atoms with Crippen LogP contribution in [0.25, 0.3) is 0 Å². The van der Waals surface area contributed by atoms with Crippen LogP contribution in [-0.4, -0.2) is 29.8 Å². The molecule has 1 fully saturated rings. The average molecular weight is 295 g/mol. The van der Waals surface area contributed by atoms with Crippen molar-refractivity contribution < 1.29 is 9.26 Å². The second-order valence-electron chi connectivity index (χ2n) is 6.52. The van der Waals surface area contributed by atoms with Gasteiger partial charge in [-0.2, -0.15) is 4.98 Å². The van der Waals surface area contributed by atoms with Crippen molar-refractivity contribution in [1.29, 1.82) is 0 Å². The SMILES string of the molecule is CCCNC(Cc1nc(C(OC)C2CC2)no1)CC(C)C. The van der Waals surface area contributed by atoms with Crippen molar-refractivity contribution in [3.8, 4) is 0 Å². The summed E-state index contributed by atoms with van der Waals surface area (Å²) < 4.78 is 10.9. The van der Waals surface area contributed by atoms with E-state index < -0.39 is 0 Å². The molecule has 2 unspecified atom stereocenters. The Labute approximate surface area is 127 Å². The third-order valence-corrected chi connectivity index (χ3v) is 3.90. The number of rotatable bonds is 10. The van der Waals surface area contributed by atoms with Gasteiger partial charge in [0.2, 0.25) is 11.7 Å². The number of nitrogens with zero attached hydrogens (tertiary/aromatic N) is 2. The molecule has 120 valence electrons. The van der Waals surface area contributed by atoms with E-state index in [1.54, 1.807) is 7.11 Å². The first kappa shape index (κ1) is 16.4. The Morgan fingerprint density at radius 2 is 2.14 bits per heavy atom. The maximum Gasteiger partial charge on any atom is 0.228 e. The van der Waals surface area contributed by atoms with Gasteiger partial charge in [-0.3, -0.25) is 0 Å². The number of ether oxygens (including phenoxy) is 1. The summed E-state index contributed by atoms with van der Waals surface area (Å²) in [6, 6.07) is 0.403. The van der Waals surface area contributed by atoms with Gasteiger partial charge in [-0.05, 0) is 44.1 Å². The highest BCUT2D eigenvalue weighted by Crippen LogP contribution is 2.41. The molecule has 1 aromatic rings. The van der Waals surface area contributed by atoms with E-state index in [0.29, 0.717) is 23.7 Å². The molecule has 0 bridgehead atoms. The second-order valence-corrected chi connectivity index (χ2v) is 6.52. The number of methoxy groups -OCH3 is 1. The van der Waals surface area contributed by atoms with Crippen molar-refractivity contribution in [3.63, 3.8) is 0 Å². The van der Waals surface area contributed by atoms with E-state index in [9.17, 15) is 0 Å². The molecule has 5 heteroatoms. The molecular weight excluding hydrogens is 266 g/mol. The number of aromatic nitrogens is 2. The Kier molecular flexibility index (Phi) is 6.18. The lowest BCUT2D eigenvalue weighted by Crippen LogP contribution is -2.33. The number of hydrogen-bond acceptors (Lipinski definition) is 5. The lowest BCUT2D eigenvalue weighted by Gasteiger charge is -2.18. The summed E-state index contributed by atoms with van der Waals surface area (Å²) in [7, 11) is 1.73. The Balaban J connectivity index is 1.94. The van der Waals surface area contributed by atoms with Crippen molar-refractivity contribution in [2.24, 2.45) is 11.8 Å². The molecule has 1 aliphatic rings. The van der Waals surface area contributed by atoms with Crippen LogP contribution in [0.15, 0.2) is 4.52 Å². The van der Waals surface area contributed by atoms with E-state index in [-0.39, 0.29) is 6.10 Å². The molecule has 1 aliphatic carbocycles. The van der Waals surface area contributed by atoms with E-state index in [2.05, 4.69) is 36.2 Å². The van der Waals surface area contributed by atoms with Crippen LogP contribution >= 0.6 is 0 Å². The second kappa shape index (κ2) is 7.90. The molecule has 1 aromatic heterocycles. The van der Waals surface area contributed by atoms with Crippen LogP contribution in [0, 0.1) is 11.8 Å². The van der Waals surface area contributed by atoms with E-state index in [0.717, 1.165) is 31.7 Å². The van der Waals surface area contributed by atoms with Crippen molar-refractivity contribution in [2.75, 3.05) is 13.7 Å². The zero-order chi connectivity index (χ0) is 15.2. The molecule has 21 heavy (non-hydrogen) atoms. The van der Waals surface area contributed by atoms with Crippen LogP contribution < -0.4 is 5.32 Å². The van der Waals surface area contributed by atoms with E-state index in [1.165, 1.54) is 12.8 Å². The Morgan fingerprint density at radius 1 is 1.38 bits per heavy atom. The fraction of sp³-hybridized carbons (Fsp3) is 0.875. The molecule has 1 saturated carbocycles. The topological polar surface area (TPSA) is 60.2 Å². The molecule has 2 rings (SSSR count). The van der Waals surface area contributed by atoms with Crippen LogP contribution in [0.1, 0.15) is 64.3 Å².